The van der Waals surface area contributed by atoms with E-state index in [2.05, 4.69) is 11.6 Å². The maximum Gasteiger partial charge on any atom is 0.416 e. The molecule has 0 unspecified atom stereocenters. The third-order valence-electron chi connectivity index (χ3n) is 6.36. The van der Waals surface area contributed by atoms with Crippen LogP contribution < -0.4 is 0 Å². The molecule has 1 aromatic carbocycles. The molecule has 0 N–H and O–H groups in total. The molecule has 34 heavy (non-hydrogen) atoms. The Morgan fingerprint density at radius 3 is 2.53 bits per heavy atom. The van der Waals surface area contributed by atoms with E-state index >= 15 is 0 Å². The molecule has 184 valence electrons. The van der Waals surface area contributed by atoms with E-state index in [4.69, 9.17) is 0 Å². The predicted octanol–water partition coefficient (Wildman–Crippen LogP) is 4.92. The number of carbonyl (C=O) groups excluding carboxylic acids is 1. The second kappa shape index (κ2) is 9.56. The fourth-order valence-electron chi connectivity index (χ4n) is 4.58. The summed E-state index contributed by atoms with van der Waals surface area (Å²) < 4.78 is 67.3. The summed E-state index contributed by atoms with van der Waals surface area (Å²) in [6, 6.07) is 4.29. The van der Waals surface area contributed by atoms with E-state index in [0.717, 1.165) is 50.7 Å². The zero-order valence-electron chi connectivity index (χ0n) is 18.8. The highest BCUT2D eigenvalue weighted by Gasteiger charge is 2.36. The largest absolute Gasteiger partial charge is 0.416 e. The summed E-state index contributed by atoms with van der Waals surface area (Å²) in [5.41, 5.74) is -0.235. The van der Waals surface area contributed by atoms with Crippen LogP contribution in [-0.4, -0.2) is 35.3 Å². The fraction of sp³-hybridized carbons (Fsp3) is 0.500. The summed E-state index contributed by atoms with van der Waals surface area (Å²) in [5, 5.41) is -0.158. The van der Waals surface area contributed by atoms with Crippen molar-refractivity contribution in [2.45, 2.75) is 68.2 Å². The van der Waals surface area contributed by atoms with Crippen molar-refractivity contribution >= 4 is 15.7 Å². The molecule has 2 fully saturated rings. The topological polar surface area (TPSA) is 72.3 Å². The van der Waals surface area contributed by atoms with Gasteiger partial charge >= 0.3 is 6.18 Å². The molecule has 2 aliphatic carbocycles. The lowest BCUT2D eigenvalue weighted by molar-refractivity contribution is -0.137. The molecule has 0 radical (unpaired) electrons. The van der Waals surface area contributed by atoms with Crippen molar-refractivity contribution in [2.75, 3.05) is 6.54 Å². The Hall–Kier alpha value is -2.62. The molecule has 0 bridgehead atoms. The zero-order valence-corrected chi connectivity index (χ0v) is 19.6. The highest BCUT2D eigenvalue weighted by molar-refractivity contribution is 7.90. The Labute approximate surface area is 197 Å². The van der Waals surface area contributed by atoms with E-state index in [1.165, 1.54) is 18.3 Å². The number of carbonyl (C=O) groups is 1. The molecule has 2 saturated carbocycles. The normalized spacial score (nSPS) is 17.1. The van der Waals surface area contributed by atoms with Crippen LogP contribution in [0.5, 0.6) is 0 Å². The van der Waals surface area contributed by atoms with Gasteiger partial charge in [0.25, 0.3) is 0 Å². The Balaban J connectivity index is 1.60. The third-order valence-corrected chi connectivity index (χ3v) is 7.93. The first-order chi connectivity index (χ1) is 16.1. The van der Waals surface area contributed by atoms with Crippen LogP contribution >= 0.6 is 0 Å². The summed E-state index contributed by atoms with van der Waals surface area (Å²) in [5.74, 6) is -0.576. The number of aromatic nitrogens is 2. The SMILES string of the molecule is C=CCN(Cc1cnc(S(=O)(=O)Cc2cccc(C(F)(F)F)c2)n1C1CC1)C(=O)C1CCCC1. The number of halogens is 3. The van der Waals surface area contributed by atoms with Gasteiger partial charge < -0.3 is 9.47 Å². The van der Waals surface area contributed by atoms with Gasteiger partial charge in [0, 0.05) is 18.5 Å². The number of imidazole rings is 1. The van der Waals surface area contributed by atoms with Gasteiger partial charge in [-0.2, -0.15) is 13.2 Å². The third kappa shape index (κ3) is 5.37. The quantitative estimate of drug-likeness (QED) is 0.463. The van der Waals surface area contributed by atoms with Gasteiger partial charge in [0.05, 0.1) is 29.8 Å². The Morgan fingerprint density at radius 1 is 1.21 bits per heavy atom. The van der Waals surface area contributed by atoms with Crippen LogP contribution in [0, 0.1) is 5.92 Å². The minimum atomic E-state index is -4.56. The minimum absolute atomic E-state index is 0.0265. The van der Waals surface area contributed by atoms with E-state index in [9.17, 15) is 26.4 Å². The number of hydrogen-bond donors (Lipinski definition) is 0. The number of alkyl halides is 3. The standard InChI is InChI=1S/C24H28F3N3O3S/c1-2-12-29(22(31)18-7-3-4-8-18)15-21-14-28-23(30(21)20-10-11-20)34(32,33)16-17-6-5-9-19(13-17)24(25,26)27/h2,5-6,9,13-14,18,20H,1,3-4,7-8,10-12,15-16H2. The van der Waals surface area contributed by atoms with E-state index in [0.29, 0.717) is 12.2 Å². The van der Waals surface area contributed by atoms with Gasteiger partial charge in [-0.05, 0) is 37.3 Å². The number of benzene rings is 1. The molecule has 1 heterocycles. The minimum Gasteiger partial charge on any atom is -0.333 e. The Morgan fingerprint density at radius 2 is 1.91 bits per heavy atom. The van der Waals surface area contributed by atoms with Crippen LogP contribution in [0.3, 0.4) is 0 Å². The van der Waals surface area contributed by atoms with E-state index in [-0.39, 0.29) is 35.1 Å². The Bertz CT molecular complexity index is 1160. The molecule has 2 aliphatic rings. The van der Waals surface area contributed by atoms with Gasteiger partial charge in [-0.1, -0.05) is 37.1 Å². The first-order valence-corrected chi connectivity index (χ1v) is 13.1. The number of hydrogen-bond acceptors (Lipinski definition) is 4. The summed E-state index contributed by atoms with van der Waals surface area (Å²) >= 11 is 0. The van der Waals surface area contributed by atoms with Crippen LogP contribution in [0.4, 0.5) is 13.2 Å². The van der Waals surface area contributed by atoms with Crippen molar-refractivity contribution in [3.05, 3.63) is 59.9 Å². The first kappa shape index (κ1) is 24.5. The molecule has 4 rings (SSSR count). The number of rotatable bonds is 9. The van der Waals surface area contributed by atoms with Crippen LogP contribution in [-0.2, 0) is 33.1 Å². The second-order valence-electron chi connectivity index (χ2n) is 9.08. The molecule has 0 aliphatic heterocycles. The monoisotopic (exact) mass is 495 g/mol. The molecule has 2 aromatic rings. The van der Waals surface area contributed by atoms with Crippen LogP contribution in [0.25, 0.3) is 0 Å². The molecular formula is C24H28F3N3O3S. The summed E-state index contributed by atoms with van der Waals surface area (Å²) in [7, 11) is -4.01. The van der Waals surface area contributed by atoms with Gasteiger partial charge in [-0.15, -0.1) is 6.58 Å². The van der Waals surface area contributed by atoms with Gasteiger partial charge in [0.1, 0.15) is 0 Å². The van der Waals surface area contributed by atoms with Gasteiger partial charge in [0.15, 0.2) is 0 Å². The fourth-order valence-corrected chi connectivity index (χ4v) is 6.11. The smallest absolute Gasteiger partial charge is 0.333 e. The van der Waals surface area contributed by atoms with Crippen molar-refractivity contribution in [3.63, 3.8) is 0 Å². The lowest BCUT2D eigenvalue weighted by Gasteiger charge is -2.25. The molecule has 0 atom stereocenters. The van der Waals surface area contributed by atoms with Gasteiger partial charge in [0.2, 0.25) is 20.9 Å². The molecule has 1 amide bonds. The maximum atomic E-state index is 13.2. The van der Waals surface area contributed by atoms with Crippen molar-refractivity contribution in [1.29, 1.82) is 0 Å². The zero-order chi connectivity index (χ0) is 24.5. The molecule has 0 spiro atoms. The van der Waals surface area contributed by atoms with Crippen molar-refractivity contribution in [1.82, 2.24) is 14.5 Å². The molecule has 10 heteroatoms. The van der Waals surface area contributed by atoms with Crippen LogP contribution in [0.15, 0.2) is 48.3 Å². The van der Waals surface area contributed by atoms with Gasteiger partial charge in [-0.3, -0.25) is 4.79 Å². The summed E-state index contributed by atoms with van der Waals surface area (Å²) in [6.07, 6.45) is 3.88. The molecule has 0 saturated heterocycles. The van der Waals surface area contributed by atoms with Crippen molar-refractivity contribution < 1.29 is 26.4 Å². The number of nitrogens with zero attached hydrogens (tertiary/aromatic N) is 3. The highest BCUT2D eigenvalue weighted by atomic mass is 32.2. The van der Waals surface area contributed by atoms with E-state index < -0.39 is 27.3 Å². The lowest BCUT2D eigenvalue weighted by Crippen LogP contribution is -2.35. The van der Waals surface area contributed by atoms with Crippen molar-refractivity contribution in [3.8, 4) is 0 Å². The predicted molar refractivity (Wildman–Crippen MR) is 120 cm³/mol. The number of sulfone groups is 1. The number of amides is 1. The van der Waals surface area contributed by atoms with Crippen LogP contribution in [0.1, 0.15) is 61.4 Å². The highest BCUT2D eigenvalue weighted by Crippen LogP contribution is 2.39. The van der Waals surface area contributed by atoms with Crippen LogP contribution in [0.2, 0.25) is 0 Å². The summed E-state index contributed by atoms with van der Waals surface area (Å²) in [6.45, 7) is 4.30. The lowest BCUT2D eigenvalue weighted by atomic mass is 10.1. The van der Waals surface area contributed by atoms with E-state index in [1.54, 1.807) is 15.5 Å². The van der Waals surface area contributed by atoms with E-state index in [1.807, 2.05) is 0 Å². The van der Waals surface area contributed by atoms with Gasteiger partial charge in [-0.25, -0.2) is 13.4 Å². The second-order valence-corrected chi connectivity index (χ2v) is 11.0. The first-order valence-electron chi connectivity index (χ1n) is 11.4. The molecule has 6 nitrogen and oxygen atoms in total. The average molecular weight is 496 g/mol. The average Bonchev–Trinajstić information content (AvgIpc) is 3.28. The maximum absolute atomic E-state index is 13.2. The Kier molecular flexibility index (Phi) is 6.89. The summed E-state index contributed by atoms with van der Waals surface area (Å²) in [4.78, 5) is 18.9. The molecular weight excluding hydrogens is 467 g/mol. The van der Waals surface area contributed by atoms with Crippen molar-refractivity contribution in [2.24, 2.45) is 5.92 Å². The molecule has 1 aromatic heterocycles.